The van der Waals surface area contributed by atoms with Gasteiger partial charge in [0.15, 0.2) is 0 Å². The molecule has 4 aromatic rings. The highest BCUT2D eigenvalue weighted by Gasteiger charge is 2.20. The molecule has 0 saturated carbocycles. The lowest BCUT2D eigenvalue weighted by Gasteiger charge is -2.15. The second-order valence-corrected chi connectivity index (χ2v) is 7.88. The summed E-state index contributed by atoms with van der Waals surface area (Å²) in [6.45, 7) is 5.31. The van der Waals surface area contributed by atoms with Crippen molar-refractivity contribution >= 4 is 22.6 Å². The van der Waals surface area contributed by atoms with Gasteiger partial charge in [0.2, 0.25) is 5.91 Å². The number of fused-ring (bicyclic) bond motifs is 1. The van der Waals surface area contributed by atoms with Crippen LogP contribution in [-0.2, 0) is 18.4 Å². The average Bonchev–Trinajstić information content (AvgIpc) is 3.04. The van der Waals surface area contributed by atoms with E-state index in [1.807, 2.05) is 39.0 Å². The Labute approximate surface area is 183 Å². The van der Waals surface area contributed by atoms with Gasteiger partial charge in [-0.1, -0.05) is 18.2 Å². The lowest BCUT2D eigenvalue weighted by molar-refractivity contribution is -0.116. The van der Waals surface area contributed by atoms with Crippen LogP contribution in [0.2, 0.25) is 0 Å². The molecule has 0 saturated heterocycles. The van der Waals surface area contributed by atoms with Crippen molar-refractivity contribution in [1.29, 1.82) is 0 Å². The molecule has 164 valence electrons. The molecular formula is C24H23FN4O3. The molecule has 0 aliphatic heterocycles. The monoisotopic (exact) mass is 434 g/mol. The summed E-state index contributed by atoms with van der Waals surface area (Å²) in [4.78, 5) is 39.5. The van der Waals surface area contributed by atoms with Crippen molar-refractivity contribution in [2.24, 2.45) is 7.05 Å². The SMILES string of the molecule is Cc1cccc(C)c1NC(=O)Cn1c(=O)n(-c2ccc(F)cc2)c(=O)c2c1cc(C)n2C. The predicted octanol–water partition coefficient (Wildman–Crippen LogP) is 3.19. The molecular weight excluding hydrogens is 411 g/mol. The van der Waals surface area contributed by atoms with Crippen molar-refractivity contribution in [3.8, 4) is 5.69 Å². The summed E-state index contributed by atoms with van der Waals surface area (Å²) in [5, 5.41) is 2.88. The average molecular weight is 434 g/mol. The fraction of sp³-hybridized carbons (Fsp3) is 0.208. The Morgan fingerprint density at radius 2 is 1.62 bits per heavy atom. The number of halogens is 1. The van der Waals surface area contributed by atoms with E-state index in [2.05, 4.69) is 5.32 Å². The van der Waals surface area contributed by atoms with Crippen molar-refractivity contribution in [3.63, 3.8) is 0 Å². The van der Waals surface area contributed by atoms with Gasteiger partial charge in [0, 0.05) is 18.4 Å². The molecule has 8 heteroatoms. The molecule has 0 atom stereocenters. The first-order valence-electron chi connectivity index (χ1n) is 10.1. The molecule has 1 amide bonds. The van der Waals surface area contributed by atoms with E-state index in [1.54, 1.807) is 17.7 Å². The van der Waals surface area contributed by atoms with Crippen LogP contribution in [0, 0.1) is 26.6 Å². The third-order valence-corrected chi connectivity index (χ3v) is 5.70. The number of amides is 1. The van der Waals surface area contributed by atoms with Gasteiger partial charge in [-0.25, -0.2) is 13.8 Å². The van der Waals surface area contributed by atoms with Crippen LogP contribution < -0.4 is 16.6 Å². The standard InChI is InChI=1S/C24H23FN4O3/c1-14-6-5-7-15(2)21(14)26-20(30)13-28-19-12-16(3)27(4)22(19)23(31)29(24(28)32)18-10-8-17(25)9-11-18/h5-12H,13H2,1-4H3,(H,26,30). The summed E-state index contributed by atoms with van der Waals surface area (Å²) < 4.78 is 17.3. The third-order valence-electron chi connectivity index (χ3n) is 5.70. The Balaban J connectivity index is 1.88. The van der Waals surface area contributed by atoms with E-state index < -0.39 is 23.0 Å². The number of carbonyl (C=O) groups is 1. The molecule has 4 rings (SSSR count). The van der Waals surface area contributed by atoms with Crippen molar-refractivity contribution in [2.45, 2.75) is 27.3 Å². The topological polar surface area (TPSA) is 78.0 Å². The Bertz CT molecular complexity index is 1460. The van der Waals surface area contributed by atoms with E-state index in [1.165, 1.54) is 28.8 Å². The summed E-state index contributed by atoms with van der Waals surface area (Å²) in [5.41, 5.74) is 2.95. The summed E-state index contributed by atoms with van der Waals surface area (Å²) in [5.74, 6) is -0.873. The molecule has 0 aliphatic rings. The maximum absolute atomic E-state index is 13.4. The first-order chi connectivity index (χ1) is 15.2. The normalized spacial score (nSPS) is 11.2. The highest BCUT2D eigenvalue weighted by atomic mass is 19.1. The maximum Gasteiger partial charge on any atom is 0.336 e. The number of nitrogens with zero attached hydrogens (tertiary/aromatic N) is 3. The minimum absolute atomic E-state index is 0.228. The van der Waals surface area contributed by atoms with E-state index in [4.69, 9.17) is 0 Å². The van der Waals surface area contributed by atoms with Gasteiger partial charge in [0.25, 0.3) is 5.56 Å². The van der Waals surface area contributed by atoms with Crippen LogP contribution in [0.1, 0.15) is 16.8 Å². The number of carbonyl (C=O) groups excluding carboxylic acids is 1. The van der Waals surface area contributed by atoms with E-state index in [0.717, 1.165) is 21.4 Å². The number of nitrogens with one attached hydrogen (secondary N) is 1. The van der Waals surface area contributed by atoms with Gasteiger partial charge in [0.05, 0.1) is 11.2 Å². The zero-order valence-corrected chi connectivity index (χ0v) is 18.3. The largest absolute Gasteiger partial charge is 0.342 e. The second kappa shape index (κ2) is 7.96. The number of hydrogen-bond acceptors (Lipinski definition) is 3. The van der Waals surface area contributed by atoms with Gasteiger partial charge in [-0.3, -0.25) is 14.2 Å². The lowest BCUT2D eigenvalue weighted by atomic mass is 10.1. The minimum atomic E-state index is -0.670. The molecule has 0 bridgehead atoms. The lowest BCUT2D eigenvalue weighted by Crippen LogP contribution is -2.41. The highest BCUT2D eigenvalue weighted by Crippen LogP contribution is 2.20. The first kappa shape index (κ1) is 21.3. The predicted molar refractivity (Wildman–Crippen MR) is 122 cm³/mol. The number of hydrogen-bond donors (Lipinski definition) is 1. The zero-order valence-electron chi connectivity index (χ0n) is 18.3. The Morgan fingerprint density at radius 3 is 2.25 bits per heavy atom. The minimum Gasteiger partial charge on any atom is -0.342 e. The second-order valence-electron chi connectivity index (χ2n) is 7.88. The summed E-state index contributed by atoms with van der Waals surface area (Å²) in [6.07, 6.45) is 0. The number of para-hydroxylation sites is 1. The molecule has 0 aliphatic carbocycles. The highest BCUT2D eigenvalue weighted by molar-refractivity contribution is 5.93. The van der Waals surface area contributed by atoms with E-state index >= 15 is 0 Å². The van der Waals surface area contributed by atoms with E-state index in [9.17, 15) is 18.8 Å². The molecule has 0 radical (unpaired) electrons. The summed E-state index contributed by atoms with van der Waals surface area (Å²) in [6, 6.07) is 12.5. The van der Waals surface area contributed by atoms with Gasteiger partial charge >= 0.3 is 5.69 Å². The van der Waals surface area contributed by atoms with Gasteiger partial charge in [-0.2, -0.15) is 0 Å². The van der Waals surface area contributed by atoms with Crippen LogP contribution in [0.3, 0.4) is 0 Å². The Morgan fingerprint density at radius 1 is 1.00 bits per heavy atom. The van der Waals surface area contributed by atoms with Crippen LogP contribution in [0.15, 0.2) is 58.1 Å². The number of aryl methyl sites for hydroxylation is 4. The molecule has 2 aromatic heterocycles. The fourth-order valence-corrected chi connectivity index (χ4v) is 3.89. The quantitative estimate of drug-likeness (QED) is 0.536. The number of benzene rings is 2. The van der Waals surface area contributed by atoms with Gasteiger partial charge < -0.3 is 9.88 Å². The Kier molecular flexibility index (Phi) is 5.30. The van der Waals surface area contributed by atoms with Gasteiger partial charge in [-0.05, 0) is 62.2 Å². The molecule has 32 heavy (non-hydrogen) atoms. The van der Waals surface area contributed by atoms with Crippen LogP contribution in [0.5, 0.6) is 0 Å². The van der Waals surface area contributed by atoms with Crippen molar-refractivity contribution in [1.82, 2.24) is 13.7 Å². The van der Waals surface area contributed by atoms with Crippen LogP contribution in [-0.4, -0.2) is 19.6 Å². The van der Waals surface area contributed by atoms with Crippen molar-refractivity contribution < 1.29 is 9.18 Å². The van der Waals surface area contributed by atoms with Gasteiger partial charge in [0.1, 0.15) is 17.9 Å². The number of anilines is 1. The van der Waals surface area contributed by atoms with Crippen molar-refractivity contribution in [3.05, 3.63) is 92.0 Å². The maximum atomic E-state index is 13.4. The molecule has 0 spiro atoms. The number of rotatable bonds is 4. The molecule has 2 heterocycles. The fourth-order valence-electron chi connectivity index (χ4n) is 3.89. The van der Waals surface area contributed by atoms with Crippen LogP contribution in [0.25, 0.3) is 16.7 Å². The van der Waals surface area contributed by atoms with Crippen LogP contribution >= 0.6 is 0 Å². The summed E-state index contributed by atoms with van der Waals surface area (Å²) in [7, 11) is 1.72. The van der Waals surface area contributed by atoms with Crippen LogP contribution in [0.4, 0.5) is 10.1 Å². The van der Waals surface area contributed by atoms with Gasteiger partial charge in [-0.15, -0.1) is 0 Å². The van der Waals surface area contributed by atoms with E-state index in [0.29, 0.717) is 11.2 Å². The summed E-state index contributed by atoms with van der Waals surface area (Å²) >= 11 is 0. The smallest absolute Gasteiger partial charge is 0.336 e. The van der Waals surface area contributed by atoms with Crippen molar-refractivity contribution in [2.75, 3.05) is 5.32 Å². The molecule has 7 nitrogen and oxygen atoms in total. The third kappa shape index (κ3) is 3.53. The first-order valence-corrected chi connectivity index (χ1v) is 10.1. The van der Waals surface area contributed by atoms with E-state index in [-0.39, 0.29) is 17.7 Å². The Hall–Kier alpha value is -3.94. The number of aromatic nitrogens is 3. The molecule has 1 N–H and O–H groups in total. The zero-order chi connectivity index (χ0) is 23.2. The molecule has 2 aromatic carbocycles. The molecule has 0 fully saturated rings. The molecule has 0 unspecified atom stereocenters.